The van der Waals surface area contributed by atoms with E-state index in [0.29, 0.717) is 62.3 Å². The molecule has 0 unspecified atom stereocenters. The number of amides is 1. The topological polar surface area (TPSA) is 104 Å². The number of halogens is 2. The van der Waals surface area contributed by atoms with Gasteiger partial charge >= 0.3 is 0 Å². The van der Waals surface area contributed by atoms with Crippen LogP contribution >= 0.6 is 0 Å². The molecule has 2 aliphatic heterocycles. The lowest BCUT2D eigenvalue weighted by atomic mass is 10.1. The summed E-state index contributed by atoms with van der Waals surface area (Å²) < 4.78 is 41.5. The van der Waals surface area contributed by atoms with Crippen molar-refractivity contribution in [2.75, 3.05) is 78.4 Å². The largest absolute Gasteiger partial charge is 0.378 e. The van der Waals surface area contributed by atoms with E-state index in [1.165, 1.54) is 30.5 Å². The quantitative estimate of drug-likeness (QED) is 0.205. The third-order valence-electron chi connectivity index (χ3n) is 7.52. The van der Waals surface area contributed by atoms with Gasteiger partial charge in [-0.05, 0) is 60.7 Å². The molecular weight excluding hydrogens is 580 g/mol. The van der Waals surface area contributed by atoms with Crippen LogP contribution in [0.15, 0.2) is 79.5 Å². The van der Waals surface area contributed by atoms with Gasteiger partial charge in [-0.25, -0.2) is 18.7 Å². The van der Waals surface area contributed by atoms with E-state index in [-0.39, 0.29) is 17.2 Å². The van der Waals surface area contributed by atoms with Gasteiger partial charge < -0.3 is 35.2 Å². The summed E-state index contributed by atoms with van der Waals surface area (Å²) in [5.41, 5.74) is 3.71. The van der Waals surface area contributed by atoms with Crippen LogP contribution in [0, 0.1) is 11.6 Å². The minimum absolute atomic E-state index is 0.109. The fourth-order valence-corrected chi connectivity index (χ4v) is 5.25. The first-order chi connectivity index (χ1) is 22.0. The maximum Gasteiger partial charge on any atom is 0.247 e. The molecule has 0 atom stereocenters. The van der Waals surface area contributed by atoms with Gasteiger partial charge in [0.15, 0.2) is 0 Å². The number of morpholine rings is 2. The fraction of sp³-hybridized carbons (Fsp3) is 0.242. The van der Waals surface area contributed by atoms with Crippen molar-refractivity contribution in [2.24, 2.45) is 0 Å². The summed E-state index contributed by atoms with van der Waals surface area (Å²) >= 11 is 0. The summed E-state index contributed by atoms with van der Waals surface area (Å²) in [5, 5.41) is 9.04. The van der Waals surface area contributed by atoms with Gasteiger partial charge in [-0.3, -0.25) is 4.79 Å². The molecule has 2 aliphatic rings. The van der Waals surface area contributed by atoms with Crippen molar-refractivity contribution >= 4 is 46.0 Å². The Morgan fingerprint density at radius 3 is 2.27 bits per heavy atom. The molecule has 4 aromatic rings. The Bertz CT molecular complexity index is 1690. The lowest BCUT2D eigenvalue weighted by Gasteiger charge is -2.29. The number of hydrogen-bond acceptors (Lipinski definition) is 9. The van der Waals surface area contributed by atoms with E-state index in [9.17, 15) is 4.79 Å². The molecule has 3 heterocycles. The van der Waals surface area contributed by atoms with Crippen LogP contribution in [0.3, 0.4) is 0 Å². The Hall–Kier alpha value is -5.07. The number of ether oxygens (including phenoxy) is 2. The van der Waals surface area contributed by atoms with Gasteiger partial charge in [0.25, 0.3) is 0 Å². The van der Waals surface area contributed by atoms with Gasteiger partial charge in [0, 0.05) is 54.5 Å². The van der Waals surface area contributed by atoms with Crippen molar-refractivity contribution < 1.29 is 23.0 Å². The molecule has 0 spiro atoms. The van der Waals surface area contributed by atoms with Crippen molar-refractivity contribution in [2.45, 2.75) is 0 Å². The summed E-state index contributed by atoms with van der Waals surface area (Å²) in [5.74, 6) is -1.18. The van der Waals surface area contributed by atoms with E-state index in [2.05, 4.69) is 37.4 Å². The zero-order valence-corrected chi connectivity index (χ0v) is 24.6. The maximum absolute atomic E-state index is 15.4. The molecule has 0 aliphatic carbocycles. The highest BCUT2D eigenvalue weighted by Gasteiger charge is 2.19. The SMILES string of the molecule is C=CC(=O)Nc1ccc(F)c(-c2nc(Nc3cccc(N4CCOCC4)c3)ncc2Nc2ccc(N3CCOCC3)c(F)c2)c1. The highest BCUT2D eigenvalue weighted by molar-refractivity contribution is 5.99. The molecular formula is C33H33F2N7O3. The lowest BCUT2D eigenvalue weighted by Crippen LogP contribution is -2.36. The predicted octanol–water partition coefficient (Wildman–Crippen LogP) is 5.71. The minimum Gasteiger partial charge on any atom is -0.378 e. The number of hydrogen-bond donors (Lipinski definition) is 3. The first-order valence-electron chi connectivity index (χ1n) is 14.7. The van der Waals surface area contributed by atoms with Gasteiger partial charge in [0.1, 0.15) is 17.3 Å². The first-order valence-corrected chi connectivity index (χ1v) is 14.7. The second kappa shape index (κ2) is 13.7. The molecule has 0 radical (unpaired) electrons. The summed E-state index contributed by atoms with van der Waals surface area (Å²) in [4.78, 5) is 25.3. The van der Waals surface area contributed by atoms with E-state index in [1.807, 2.05) is 29.2 Å². The summed E-state index contributed by atoms with van der Waals surface area (Å²) in [6, 6.07) is 16.9. The van der Waals surface area contributed by atoms with E-state index >= 15 is 8.78 Å². The number of carbonyl (C=O) groups is 1. The molecule has 1 aromatic heterocycles. The van der Waals surface area contributed by atoms with Gasteiger partial charge in [-0.15, -0.1) is 0 Å². The Morgan fingerprint density at radius 1 is 0.822 bits per heavy atom. The second-order valence-electron chi connectivity index (χ2n) is 10.5. The smallest absolute Gasteiger partial charge is 0.247 e. The third-order valence-corrected chi connectivity index (χ3v) is 7.52. The molecule has 6 rings (SSSR count). The monoisotopic (exact) mass is 613 g/mol. The number of anilines is 7. The van der Waals surface area contributed by atoms with Crippen LogP contribution in [0.5, 0.6) is 0 Å². The van der Waals surface area contributed by atoms with E-state index < -0.39 is 17.5 Å². The molecule has 3 N–H and O–H groups in total. The molecule has 2 fully saturated rings. The van der Waals surface area contributed by atoms with Crippen LogP contribution in [0.25, 0.3) is 11.3 Å². The number of rotatable bonds is 9. The van der Waals surface area contributed by atoms with Gasteiger partial charge in [-0.1, -0.05) is 12.6 Å². The van der Waals surface area contributed by atoms with Crippen molar-refractivity contribution in [3.63, 3.8) is 0 Å². The van der Waals surface area contributed by atoms with Crippen LogP contribution in [-0.2, 0) is 14.3 Å². The Morgan fingerprint density at radius 2 is 1.53 bits per heavy atom. The predicted molar refractivity (Wildman–Crippen MR) is 172 cm³/mol. The van der Waals surface area contributed by atoms with E-state index in [4.69, 9.17) is 9.47 Å². The van der Waals surface area contributed by atoms with Gasteiger partial charge in [-0.2, -0.15) is 0 Å². The minimum atomic E-state index is -0.567. The van der Waals surface area contributed by atoms with Crippen LogP contribution in [0.4, 0.5) is 48.9 Å². The average Bonchev–Trinajstić information content (AvgIpc) is 3.07. The molecule has 1 amide bonds. The summed E-state index contributed by atoms with van der Waals surface area (Å²) in [7, 11) is 0. The highest BCUT2D eigenvalue weighted by Crippen LogP contribution is 2.34. The molecule has 0 saturated carbocycles. The summed E-state index contributed by atoms with van der Waals surface area (Å²) in [6.07, 6.45) is 2.64. The zero-order chi connectivity index (χ0) is 31.2. The number of nitrogens with one attached hydrogen (secondary N) is 3. The first kappa shape index (κ1) is 30.0. The van der Waals surface area contributed by atoms with Crippen LogP contribution in [0.2, 0.25) is 0 Å². The van der Waals surface area contributed by atoms with Crippen molar-refractivity contribution in [1.82, 2.24) is 9.97 Å². The molecule has 232 valence electrons. The number of benzene rings is 3. The van der Waals surface area contributed by atoms with Crippen molar-refractivity contribution in [1.29, 1.82) is 0 Å². The van der Waals surface area contributed by atoms with Crippen molar-refractivity contribution in [3.8, 4) is 11.3 Å². The maximum atomic E-state index is 15.4. The van der Waals surface area contributed by atoms with Crippen LogP contribution in [-0.4, -0.2) is 68.5 Å². The molecule has 12 heteroatoms. The van der Waals surface area contributed by atoms with E-state index in [0.717, 1.165) is 30.5 Å². The van der Waals surface area contributed by atoms with Crippen molar-refractivity contribution in [3.05, 3.63) is 91.1 Å². The Labute approximate surface area is 259 Å². The Balaban J connectivity index is 1.33. The number of carbonyl (C=O) groups excluding carboxylic acids is 1. The Kier molecular flexibility index (Phi) is 9.13. The van der Waals surface area contributed by atoms with Crippen LogP contribution < -0.4 is 25.8 Å². The second-order valence-corrected chi connectivity index (χ2v) is 10.5. The summed E-state index contributed by atoms with van der Waals surface area (Å²) in [6.45, 7) is 8.65. The average molecular weight is 614 g/mol. The standard InChI is InChI=1S/C33H33F2N7O3/c1-2-31(43)38-23-6-8-27(34)26(19-23)32-29(37-24-7-9-30(28(35)20-24)42-12-16-45-17-13-42)21-36-33(40-32)39-22-4-3-5-25(18-22)41-10-14-44-15-11-41/h2-9,18-21,37H,1,10-17H2,(H,38,43)(H,36,39,40). The van der Waals surface area contributed by atoms with Gasteiger partial charge in [0.2, 0.25) is 11.9 Å². The van der Waals surface area contributed by atoms with Gasteiger partial charge in [0.05, 0.1) is 44.0 Å². The van der Waals surface area contributed by atoms with Crippen LogP contribution in [0.1, 0.15) is 0 Å². The molecule has 3 aromatic carbocycles. The highest BCUT2D eigenvalue weighted by atomic mass is 19.1. The van der Waals surface area contributed by atoms with E-state index in [1.54, 1.807) is 12.1 Å². The number of nitrogens with zero attached hydrogens (tertiary/aromatic N) is 4. The molecule has 10 nitrogen and oxygen atoms in total. The molecule has 2 saturated heterocycles. The fourth-order valence-electron chi connectivity index (χ4n) is 5.25. The third kappa shape index (κ3) is 7.19. The lowest BCUT2D eigenvalue weighted by molar-refractivity contribution is -0.111. The molecule has 0 bridgehead atoms. The molecule has 45 heavy (non-hydrogen) atoms. The zero-order valence-electron chi connectivity index (χ0n) is 24.6. The normalized spacial score (nSPS) is 15.0. The number of aromatic nitrogens is 2.